The van der Waals surface area contributed by atoms with E-state index in [1.165, 1.54) is 0 Å². The summed E-state index contributed by atoms with van der Waals surface area (Å²) < 4.78 is 4.94. The molecule has 0 radical (unpaired) electrons. The van der Waals surface area contributed by atoms with E-state index in [2.05, 4.69) is 19.0 Å². The smallest absolute Gasteiger partial charge is 0.315 e. The minimum Gasteiger partial charge on any atom is -0.465 e. The van der Waals surface area contributed by atoms with Gasteiger partial charge in [-0.15, -0.1) is 0 Å². The van der Waals surface area contributed by atoms with Crippen LogP contribution in [0.4, 0.5) is 0 Å². The Bertz CT molecular complexity index is 265. The van der Waals surface area contributed by atoms with E-state index < -0.39 is 0 Å². The van der Waals surface area contributed by atoms with Crippen LogP contribution in [0.2, 0.25) is 0 Å². The molecule has 0 saturated carbocycles. The Morgan fingerprint density at radius 3 is 2.87 bits per heavy atom. The molecule has 0 aliphatic carbocycles. The van der Waals surface area contributed by atoms with E-state index in [0.717, 1.165) is 0 Å². The van der Waals surface area contributed by atoms with Crippen molar-refractivity contribution < 1.29 is 14.7 Å². The van der Waals surface area contributed by atoms with Crippen molar-refractivity contribution >= 4 is 23.4 Å². The number of carbonyl (C=O) groups excluding carboxylic acids is 1. The lowest BCUT2D eigenvalue weighted by Crippen LogP contribution is -2.30. The maximum absolute atomic E-state index is 11.6. The van der Waals surface area contributed by atoms with E-state index in [-0.39, 0.29) is 17.1 Å². The molecule has 0 spiro atoms. The topological polar surface area (TPSA) is 58.9 Å². The number of hydrogen-bond donors (Lipinski definition) is 1. The summed E-state index contributed by atoms with van der Waals surface area (Å²) in [5, 5.41) is 12.3. The lowest BCUT2D eigenvalue weighted by molar-refractivity contribution is -0.144. The molecule has 1 rings (SSSR count). The molecule has 1 aliphatic heterocycles. The Labute approximate surface area is 94.1 Å². The van der Waals surface area contributed by atoms with Gasteiger partial charge in [0.2, 0.25) is 0 Å². The number of rotatable bonds is 3. The summed E-state index contributed by atoms with van der Waals surface area (Å²) in [6.45, 7) is 6.24. The van der Waals surface area contributed by atoms with Crippen LogP contribution < -0.4 is 0 Å². The maximum Gasteiger partial charge on any atom is 0.315 e. The van der Waals surface area contributed by atoms with Gasteiger partial charge in [0.05, 0.1) is 12.3 Å². The summed E-state index contributed by atoms with van der Waals surface area (Å²) in [6, 6.07) is 0. The molecule has 1 saturated heterocycles. The third kappa shape index (κ3) is 2.65. The molecule has 0 aromatic heterocycles. The quantitative estimate of drug-likeness (QED) is 0.457. The van der Waals surface area contributed by atoms with E-state index in [1.54, 1.807) is 18.7 Å². The molecule has 86 valence electrons. The normalized spacial score (nSPS) is 28.7. The van der Waals surface area contributed by atoms with Gasteiger partial charge >= 0.3 is 5.97 Å². The molecule has 0 bridgehead atoms. The van der Waals surface area contributed by atoms with Crippen molar-refractivity contribution in [3.8, 4) is 0 Å². The van der Waals surface area contributed by atoms with Crippen LogP contribution in [0, 0.1) is 11.8 Å². The van der Waals surface area contributed by atoms with Crippen LogP contribution in [0.1, 0.15) is 20.8 Å². The average molecular weight is 231 g/mol. The number of nitrogens with zero attached hydrogens (tertiary/aromatic N) is 1. The fourth-order valence-electron chi connectivity index (χ4n) is 1.66. The van der Waals surface area contributed by atoms with Gasteiger partial charge in [0.1, 0.15) is 5.92 Å². The SMILES string of the molecule is CCOC(=O)C1CSC(C(C)C)C1=NO. The van der Waals surface area contributed by atoms with Gasteiger partial charge in [-0.1, -0.05) is 19.0 Å². The fraction of sp³-hybridized carbons (Fsp3) is 0.800. The first kappa shape index (κ1) is 12.4. The van der Waals surface area contributed by atoms with E-state index in [9.17, 15) is 4.79 Å². The Kier molecular flexibility index (Phi) is 4.45. The first-order chi connectivity index (χ1) is 7.11. The van der Waals surface area contributed by atoms with Gasteiger partial charge in [-0.25, -0.2) is 0 Å². The number of hydrogen-bond acceptors (Lipinski definition) is 5. The zero-order valence-electron chi connectivity index (χ0n) is 9.27. The highest BCUT2D eigenvalue weighted by Gasteiger charge is 2.40. The van der Waals surface area contributed by atoms with Gasteiger partial charge in [-0.3, -0.25) is 4.79 Å². The minimum atomic E-state index is -0.368. The Hall–Kier alpha value is -0.710. The molecule has 4 nitrogen and oxygen atoms in total. The van der Waals surface area contributed by atoms with Gasteiger partial charge in [-0.05, 0) is 12.8 Å². The van der Waals surface area contributed by atoms with Crippen molar-refractivity contribution in [2.45, 2.75) is 26.0 Å². The largest absolute Gasteiger partial charge is 0.465 e. The molecule has 0 aromatic rings. The van der Waals surface area contributed by atoms with Crippen molar-refractivity contribution in [2.75, 3.05) is 12.4 Å². The molecule has 15 heavy (non-hydrogen) atoms. The summed E-state index contributed by atoms with van der Waals surface area (Å²) in [7, 11) is 0. The summed E-state index contributed by atoms with van der Waals surface area (Å²) in [6.07, 6.45) is 0. The highest BCUT2D eigenvalue weighted by Crippen LogP contribution is 2.34. The molecule has 5 heteroatoms. The van der Waals surface area contributed by atoms with E-state index >= 15 is 0 Å². The van der Waals surface area contributed by atoms with Crippen LogP contribution in [0.5, 0.6) is 0 Å². The number of ether oxygens (including phenoxy) is 1. The van der Waals surface area contributed by atoms with Gasteiger partial charge < -0.3 is 9.94 Å². The highest BCUT2D eigenvalue weighted by molar-refractivity contribution is 8.01. The third-order valence-corrected chi connectivity index (χ3v) is 4.05. The van der Waals surface area contributed by atoms with Crippen molar-refractivity contribution in [1.29, 1.82) is 0 Å². The van der Waals surface area contributed by atoms with Gasteiger partial charge in [-0.2, -0.15) is 11.8 Å². The first-order valence-electron chi connectivity index (χ1n) is 5.11. The number of thioether (sulfide) groups is 1. The number of esters is 1. The van der Waals surface area contributed by atoms with Crippen LogP contribution in [-0.4, -0.2) is 34.5 Å². The molecule has 2 unspecified atom stereocenters. The zero-order chi connectivity index (χ0) is 11.4. The van der Waals surface area contributed by atoms with Crippen LogP contribution in [0.25, 0.3) is 0 Å². The maximum atomic E-state index is 11.6. The molecule has 1 heterocycles. The molecular formula is C10H17NO3S. The van der Waals surface area contributed by atoms with Crippen molar-refractivity contribution in [3.63, 3.8) is 0 Å². The molecule has 0 amide bonds. The molecule has 0 aromatic carbocycles. The predicted octanol–water partition coefficient (Wildman–Crippen LogP) is 1.77. The van der Waals surface area contributed by atoms with Gasteiger partial charge in [0, 0.05) is 11.0 Å². The average Bonchev–Trinajstić information content (AvgIpc) is 2.61. The van der Waals surface area contributed by atoms with E-state index in [1.807, 2.05) is 0 Å². The summed E-state index contributed by atoms with van der Waals surface area (Å²) in [5.41, 5.74) is 0.563. The molecule has 2 atom stereocenters. The fourth-order valence-corrected chi connectivity index (χ4v) is 3.13. The second-order valence-corrected chi connectivity index (χ2v) is 5.00. The Morgan fingerprint density at radius 1 is 1.73 bits per heavy atom. The second kappa shape index (κ2) is 5.39. The van der Waals surface area contributed by atoms with Crippen LogP contribution in [-0.2, 0) is 9.53 Å². The Morgan fingerprint density at radius 2 is 2.40 bits per heavy atom. The summed E-state index contributed by atoms with van der Waals surface area (Å²) >= 11 is 1.65. The standard InChI is InChI=1S/C10H17NO3S/c1-4-14-10(12)7-5-15-9(6(2)3)8(7)11-13/h6-7,9,13H,4-5H2,1-3H3. The van der Waals surface area contributed by atoms with E-state index in [0.29, 0.717) is 24.0 Å². The van der Waals surface area contributed by atoms with Crippen LogP contribution in [0.3, 0.4) is 0 Å². The summed E-state index contributed by atoms with van der Waals surface area (Å²) in [5.74, 6) is 0.370. The summed E-state index contributed by atoms with van der Waals surface area (Å²) in [4.78, 5) is 11.6. The number of carbonyl (C=O) groups is 1. The highest BCUT2D eigenvalue weighted by atomic mass is 32.2. The van der Waals surface area contributed by atoms with Crippen molar-refractivity contribution in [2.24, 2.45) is 17.0 Å². The van der Waals surface area contributed by atoms with Gasteiger partial charge in [0.15, 0.2) is 0 Å². The molecule has 1 fully saturated rings. The monoisotopic (exact) mass is 231 g/mol. The predicted molar refractivity (Wildman–Crippen MR) is 60.4 cm³/mol. The lowest BCUT2D eigenvalue weighted by Gasteiger charge is -2.14. The van der Waals surface area contributed by atoms with Crippen LogP contribution in [0.15, 0.2) is 5.16 Å². The molecule has 1 aliphatic rings. The minimum absolute atomic E-state index is 0.129. The van der Waals surface area contributed by atoms with Crippen molar-refractivity contribution in [1.82, 2.24) is 0 Å². The molecule has 1 N–H and O–H groups in total. The van der Waals surface area contributed by atoms with Crippen molar-refractivity contribution in [3.05, 3.63) is 0 Å². The zero-order valence-corrected chi connectivity index (χ0v) is 10.1. The van der Waals surface area contributed by atoms with E-state index in [4.69, 9.17) is 9.94 Å². The third-order valence-electron chi connectivity index (χ3n) is 2.38. The lowest BCUT2D eigenvalue weighted by atomic mass is 9.97. The number of oxime groups is 1. The van der Waals surface area contributed by atoms with Gasteiger partial charge in [0.25, 0.3) is 0 Å². The van der Waals surface area contributed by atoms with Crippen LogP contribution >= 0.6 is 11.8 Å². The first-order valence-corrected chi connectivity index (χ1v) is 6.16. The second-order valence-electron chi connectivity index (χ2n) is 3.83. The Balaban J connectivity index is 2.74. The molecular weight excluding hydrogens is 214 g/mol.